The lowest BCUT2D eigenvalue weighted by molar-refractivity contribution is 0.0300. The van der Waals surface area contributed by atoms with Crippen LogP contribution in [-0.2, 0) is 24.8 Å². The zero-order chi connectivity index (χ0) is 27.2. The Hall–Kier alpha value is -2.71. The van der Waals surface area contributed by atoms with E-state index >= 15 is 0 Å². The molecule has 2 saturated heterocycles. The Balaban J connectivity index is 1.34. The van der Waals surface area contributed by atoms with Crippen LogP contribution in [0.1, 0.15) is 29.6 Å². The highest BCUT2D eigenvalue weighted by atomic mass is 32.2. The van der Waals surface area contributed by atoms with E-state index in [4.69, 9.17) is 14.2 Å². The third-order valence-corrected chi connectivity index (χ3v) is 9.82. The number of nitrogens with zero attached hydrogens (tertiary/aromatic N) is 2. The maximum absolute atomic E-state index is 13.0. The number of piperidine rings is 1. The van der Waals surface area contributed by atoms with E-state index in [0.717, 1.165) is 19.3 Å². The van der Waals surface area contributed by atoms with E-state index in [-0.39, 0.29) is 40.2 Å². The van der Waals surface area contributed by atoms with E-state index < -0.39 is 20.0 Å². The molecule has 2 aromatic carbocycles. The standard InChI is InChI=1S/C25H33N3O8S2/c1-34-24-10-9-22(19-23(24)25(29)27-14-17-35-18-15-27)37(30,31)26-11-16-36-20-5-7-21(8-6-20)38(32,33)28-12-3-2-4-13-28/h5-10,19,26H,2-4,11-18H2,1H3. The highest BCUT2D eigenvalue weighted by Crippen LogP contribution is 2.25. The van der Waals surface area contributed by atoms with Crippen LogP contribution in [-0.4, -0.2) is 91.6 Å². The van der Waals surface area contributed by atoms with Gasteiger partial charge in [0.15, 0.2) is 0 Å². The summed E-state index contributed by atoms with van der Waals surface area (Å²) in [5, 5.41) is 0. The van der Waals surface area contributed by atoms with Gasteiger partial charge in [-0.25, -0.2) is 21.6 Å². The second kappa shape index (κ2) is 12.4. The van der Waals surface area contributed by atoms with Gasteiger partial charge >= 0.3 is 0 Å². The fraction of sp³-hybridized carbons (Fsp3) is 0.480. The van der Waals surface area contributed by atoms with E-state index in [2.05, 4.69) is 4.72 Å². The number of carbonyl (C=O) groups excluding carboxylic acids is 1. The molecule has 0 bridgehead atoms. The number of sulfonamides is 2. The quantitative estimate of drug-likeness (QED) is 0.429. The van der Waals surface area contributed by atoms with Crippen molar-refractivity contribution in [2.24, 2.45) is 0 Å². The van der Waals surface area contributed by atoms with E-state index in [1.807, 2.05) is 0 Å². The summed E-state index contributed by atoms with van der Waals surface area (Å²) in [6, 6.07) is 10.2. The Kier molecular flexibility index (Phi) is 9.26. The smallest absolute Gasteiger partial charge is 0.257 e. The number of hydrogen-bond donors (Lipinski definition) is 1. The first-order chi connectivity index (χ1) is 18.2. The summed E-state index contributed by atoms with van der Waals surface area (Å²) in [5.41, 5.74) is 0.160. The minimum Gasteiger partial charge on any atom is -0.496 e. The fourth-order valence-electron chi connectivity index (χ4n) is 4.35. The van der Waals surface area contributed by atoms with Gasteiger partial charge in [0.05, 0.1) is 35.7 Å². The Morgan fingerprint density at radius 1 is 0.921 bits per heavy atom. The van der Waals surface area contributed by atoms with Gasteiger partial charge in [-0.3, -0.25) is 4.79 Å². The summed E-state index contributed by atoms with van der Waals surface area (Å²) in [6.45, 7) is 2.71. The number of methoxy groups -OCH3 is 1. The largest absolute Gasteiger partial charge is 0.496 e. The van der Waals surface area contributed by atoms with Crippen molar-refractivity contribution in [3.05, 3.63) is 48.0 Å². The number of rotatable bonds is 10. The summed E-state index contributed by atoms with van der Waals surface area (Å²) >= 11 is 0. The molecule has 2 aliphatic rings. The molecule has 11 nitrogen and oxygen atoms in total. The second-order valence-electron chi connectivity index (χ2n) is 8.95. The molecule has 2 fully saturated rings. The van der Waals surface area contributed by atoms with Gasteiger partial charge in [0.2, 0.25) is 20.0 Å². The van der Waals surface area contributed by atoms with Crippen molar-refractivity contribution in [3.63, 3.8) is 0 Å². The van der Waals surface area contributed by atoms with E-state index in [1.165, 1.54) is 41.7 Å². The lowest BCUT2D eigenvalue weighted by Crippen LogP contribution is -2.40. The first kappa shape index (κ1) is 28.3. The molecule has 2 heterocycles. The molecule has 1 N–H and O–H groups in total. The van der Waals surface area contributed by atoms with E-state index in [9.17, 15) is 21.6 Å². The molecule has 0 aromatic heterocycles. The zero-order valence-electron chi connectivity index (χ0n) is 21.3. The number of amides is 1. The SMILES string of the molecule is COc1ccc(S(=O)(=O)NCCOc2ccc(S(=O)(=O)N3CCCCC3)cc2)cc1C(=O)N1CCOCC1. The minimum absolute atomic E-state index is 0.0210. The number of ether oxygens (including phenoxy) is 3. The van der Waals surface area contributed by atoms with Crippen LogP contribution in [0.15, 0.2) is 52.3 Å². The molecule has 0 saturated carbocycles. The van der Waals surface area contributed by atoms with Crippen molar-refractivity contribution in [3.8, 4) is 11.5 Å². The van der Waals surface area contributed by atoms with Gasteiger partial charge in [-0.05, 0) is 55.3 Å². The lowest BCUT2D eigenvalue weighted by Gasteiger charge is -2.27. The van der Waals surface area contributed by atoms with E-state index in [0.29, 0.717) is 45.1 Å². The zero-order valence-corrected chi connectivity index (χ0v) is 22.9. The first-order valence-electron chi connectivity index (χ1n) is 12.5. The number of nitrogens with one attached hydrogen (secondary N) is 1. The van der Waals surface area contributed by atoms with Gasteiger partial charge < -0.3 is 19.1 Å². The highest BCUT2D eigenvalue weighted by Gasteiger charge is 2.26. The highest BCUT2D eigenvalue weighted by molar-refractivity contribution is 7.89. The van der Waals surface area contributed by atoms with Crippen molar-refractivity contribution in [2.45, 2.75) is 29.1 Å². The van der Waals surface area contributed by atoms with Crippen LogP contribution in [0.3, 0.4) is 0 Å². The van der Waals surface area contributed by atoms with Crippen molar-refractivity contribution < 1.29 is 35.8 Å². The first-order valence-corrected chi connectivity index (χ1v) is 15.4. The van der Waals surface area contributed by atoms with Gasteiger partial charge in [0.25, 0.3) is 5.91 Å². The monoisotopic (exact) mass is 567 g/mol. The molecule has 2 aromatic rings. The van der Waals surface area contributed by atoms with E-state index in [1.54, 1.807) is 17.0 Å². The third-order valence-electron chi connectivity index (χ3n) is 6.45. The van der Waals surface area contributed by atoms with Gasteiger partial charge in [-0.15, -0.1) is 0 Å². The lowest BCUT2D eigenvalue weighted by atomic mass is 10.1. The Morgan fingerprint density at radius 2 is 1.58 bits per heavy atom. The predicted octanol–water partition coefficient (Wildman–Crippen LogP) is 1.70. The van der Waals surface area contributed by atoms with Crippen molar-refractivity contribution in [2.75, 3.05) is 59.7 Å². The summed E-state index contributed by atoms with van der Waals surface area (Å²) in [4.78, 5) is 14.7. The number of morpholine rings is 1. The third kappa shape index (κ3) is 6.64. The average Bonchev–Trinajstić information content (AvgIpc) is 2.95. The molecular formula is C25H33N3O8S2. The molecule has 208 valence electrons. The topological polar surface area (TPSA) is 132 Å². The molecule has 38 heavy (non-hydrogen) atoms. The Bertz CT molecular complexity index is 1320. The predicted molar refractivity (Wildman–Crippen MR) is 139 cm³/mol. The van der Waals surface area contributed by atoms with Crippen LogP contribution in [0.5, 0.6) is 11.5 Å². The normalized spacial score (nSPS) is 17.2. The number of benzene rings is 2. The molecule has 0 unspecified atom stereocenters. The molecule has 0 radical (unpaired) electrons. The molecule has 1 amide bonds. The Morgan fingerprint density at radius 3 is 2.24 bits per heavy atom. The molecule has 0 atom stereocenters. The maximum Gasteiger partial charge on any atom is 0.257 e. The fourth-order valence-corrected chi connectivity index (χ4v) is 6.90. The van der Waals surface area contributed by atoms with Crippen molar-refractivity contribution >= 4 is 26.0 Å². The van der Waals surface area contributed by atoms with Crippen molar-refractivity contribution in [1.82, 2.24) is 13.9 Å². The van der Waals surface area contributed by atoms with Crippen LogP contribution in [0.2, 0.25) is 0 Å². The number of carbonyl (C=O) groups is 1. The molecule has 0 spiro atoms. The summed E-state index contributed by atoms with van der Waals surface area (Å²) in [7, 11) is -6.04. The average molecular weight is 568 g/mol. The van der Waals surface area contributed by atoms with Gasteiger partial charge in [-0.1, -0.05) is 6.42 Å². The molecule has 0 aliphatic carbocycles. The maximum atomic E-state index is 13.0. The minimum atomic E-state index is -3.93. The van der Waals surface area contributed by atoms with Crippen LogP contribution in [0, 0.1) is 0 Å². The molecule has 2 aliphatic heterocycles. The number of hydrogen-bond acceptors (Lipinski definition) is 8. The van der Waals surface area contributed by atoms with Gasteiger partial charge in [0.1, 0.15) is 18.1 Å². The summed E-state index contributed by atoms with van der Waals surface area (Å²) < 4.78 is 71.4. The van der Waals surface area contributed by atoms with Crippen molar-refractivity contribution in [1.29, 1.82) is 0 Å². The second-order valence-corrected chi connectivity index (χ2v) is 12.7. The van der Waals surface area contributed by atoms with Crippen LogP contribution in [0.4, 0.5) is 0 Å². The molecule has 13 heteroatoms. The molecule has 4 rings (SSSR count). The van der Waals surface area contributed by atoms with Gasteiger partial charge in [-0.2, -0.15) is 4.31 Å². The Labute approximate surface area is 223 Å². The summed E-state index contributed by atoms with van der Waals surface area (Å²) in [6.07, 6.45) is 2.76. The van der Waals surface area contributed by atoms with Gasteiger partial charge in [0, 0.05) is 32.7 Å². The summed E-state index contributed by atoms with van der Waals surface area (Å²) in [5.74, 6) is 0.385. The molecular weight excluding hydrogens is 534 g/mol. The van der Waals surface area contributed by atoms with Crippen LogP contribution >= 0.6 is 0 Å². The van der Waals surface area contributed by atoms with Crippen LogP contribution in [0.25, 0.3) is 0 Å². The van der Waals surface area contributed by atoms with Crippen LogP contribution < -0.4 is 14.2 Å².